The molecule has 31 heavy (non-hydrogen) atoms. The summed E-state index contributed by atoms with van der Waals surface area (Å²) in [5.74, 6) is -0.961. The third kappa shape index (κ3) is 4.40. The second-order valence-electron chi connectivity index (χ2n) is 7.01. The van der Waals surface area contributed by atoms with E-state index in [2.05, 4.69) is 25.9 Å². The molecule has 0 unspecified atom stereocenters. The van der Waals surface area contributed by atoms with Crippen LogP contribution in [-0.4, -0.2) is 28.9 Å². The van der Waals surface area contributed by atoms with Crippen LogP contribution in [0.4, 0.5) is 17.5 Å². The van der Waals surface area contributed by atoms with Crippen LogP contribution in [0.2, 0.25) is 0 Å². The average molecular weight is 419 g/mol. The molecule has 1 aromatic heterocycles. The van der Waals surface area contributed by atoms with Crippen molar-refractivity contribution < 1.29 is 14.3 Å². The highest BCUT2D eigenvalue weighted by atomic mass is 16.5. The highest BCUT2D eigenvalue weighted by Gasteiger charge is 2.34. The van der Waals surface area contributed by atoms with Crippen LogP contribution in [0.25, 0.3) is 0 Å². The van der Waals surface area contributed by atoms with Gasteiger partial charge < -0.3 is 20.7 Å². The second-order valence-corrected chi connectivity index (χ2v) is 7.01. The Kier molecular flexibility index (Phi) is 5.65. The predicted octanol–water partition coefficient (Wildman–Crippen LogP) is 2.26. The molecule has 158 valence electrons. The number of benzene rings is 2. The normalized spacial score (nSPS) is 14.9. The Hall–Kier alpha value is -4.14. The highest BCUT2D eigenvalue weighted by molar-refractivity contribution is 6.00. The number of aromatic nitrogens is 2. The largest absolute Gasteiger partial charge is 0.495 e. The fraction of sp³-hybridized carbons (Fsp3) is 0.182. The van der Waals surface area contributed by atoms with E-state index in [1.165, 1.54) is 7.11 Å². The minimum Gasteiger partial charge on any atom is -0.495 e. The molecule has 9 heteroatoms. The molecule has 2 heterocycles. The molecule has 1 aliphatic heterocycles. The van der Waals surface area contributed by atoms with Gasteiger partial charge in [-0.3, -0.25) is 19.4 Å². The zero-order valence-corrected chi connectivity index (χ0v) is 16.8. The lowest BCUT2D eigenvalue weighted by molar-refractivity contribution is -0.126. The van der Waals surface area contributed by atoms with Crippen molar-refractivity contribution in [1.29, 1.82) is 0 Å². The van der Waals surface area contributed by atoms with Crippen LogP contribution in [0.1, 0.15) is 23.5 Å². The molecule has 0 aliphatic carbocycles. The van der Waals surface area contributed by atoms with Gasteiger partial charge in [-0.15, -0.1) is 0 Å². The number of anilines is 3. The maximum atomic E-state index is 12.8. The van der Waals surface area contributed by atoms with Crippen LogP contribution in [0.15, 0.2) is 59.4 Å². The Bertz CT molecular complexity index is 1180. The summed E-state index contributed by atoms with van der Waals surface area (Å²) in [6, 6.07) is 16.5. The number of hydrogen-bond donors (Lipinski definition) is 4. The van der Waals surface area contributed by atoms with E-state index in [-0.39, 0.29) is 29.7 Å². The van der Waals surface area contributed by atoms with Crippen molar-refractivity contribution >= 4 is 29.3 Å². The molecule has 0 saturated heterocycles. The summed E-state index contributed by atoms with van der Waals surface area (Å²) in [5, 5.41) is 8.36. The quantitative estimate of drug-likeness (QED) is 0.486. The van der Waals surface area contributed by atoms with E-state index in [1.807, 2.05) is 36.4 Å². The third-order valence-electron chi connectivity index (χ3n) is 4.94. The molecule has 0 fully saturated rings. The minimum absolute atomic E-state index is 0.0669. The summed E-state index contributed by atoms with van der Waals surface area (Å²) in [6.07, 6.45) is -0.127. The van der Waals surface area contributed by atoms with E-state index >= 15 is 0 Å². The summed E-state index contributed by atoms with van der Waals surface area (Å²) < 4.78 is 5.28. The van der Waals surface area contributed by atoms with Gasteiger partial charge in [0, 0.05) is 13.0 Å². The number of rotatable bonds is 6. The van der Waals surface area contributed by atoms with E-state index in [0.29, 0.717) is 18.0 Å². The Balaban J connectivity index is 1.59. The smallest absolute Gasteiger partial charge is 0.258 e. The number of carbonyl (C=O) groups is 2. The second kappa shape index (κ2) is 8.70. The van der Waals surface area contributed by atoms with Gasteiger partial charge in [0.2, 0.25) is 17.8 Å². The highest BCUT2D eigenvalue weighted by Crippen LogP contribution is 2.30. The zero-order valence-electron chi connectivity index (χ0n) is 16.8. The molecule has 0 bridgehead atoms. The molecule has 0 saturated carbocycles. The Labute approximate surface area is 177 Å². The molecule has 1 aliphatic rings. The lowest BCUT2D eigenvalue weighted by Crippen LogP contribution is -2.39. The van der Waals surface area contributed by atoms with Crippen LogP contribution in [0, 0.1) is 0 Å². The van der Waals surface area contributed by atoms with Gasteiger partial charge in [0.15, 0.2) is 0 Å². The molecular formula is C22H21N5O4. The number of amides is 2. The predicted molar refractivity (Wildman–Crippen MR) is 115 cm³/mol. The molecular weight excluding hydrogens is 398 g/mol. The Morgan fingerprint density at radius 3 is 2.65 bits per heavy atom. The first-order valence-corrected chi connectivity index (χ1v) is 9.71. The molecule has 0 spiro atoms. The van der Waals surface area contributed by atoms with E-state index in [4.69, 9.17) is 4.74 Å². The van der Waals surface area contributed by atoms with Crippen molar-refractivity contribution in [3.8, 4) is 5.75 Å². The van der Waals surface area contributed by atoms with Crippen LogP contribution < -0.4 is 26.2 Å². The van der Waals surface area contributed by atoms with Gasteiger partial charge in [-0.05, 0) is 17.7 Å². The Morgan fingerprint density at radius 1 is 1.13 bits per heavy atom. The van der Waals surface area contributed by atoms with E-state index in [1.54, 1.807) is 18.2 Å². The molecule has 1 atom stereocenters. The minimum atomic E-state index is -0.927. The van der Waals surface area contributed by atoms with Crippen molar-refractivity contribution in [1.82, 2.24) is 15.3 Å². The third-order valence-corrected chi connectivity index (χ3v) is 4.94. The van der Waals surface area contributed by atoms with Gasteiger partial charge in [0.1, 0.15) is 11.6 Å². The molecule has 2 amide bonds. The molecule has 2 aromatic carbocycles. The first-order chi connectivity index (χ1) is 15.0. The number of para-hydroxylation sites is 2. The Morgan fingerprint density at radius 2 is 1.87 bits per heavy atom. The lowest BCUT2D eigenvalue weighted by Gasteiger charge is -2.23. The van der Waals surface area contributed by atoms with Gasteiger partial charge >= 0.3 is 0 Å². The first-order valence-electron chi connectivity index (χ1n) is 9.71. The van der Waals surface area contributed by atoms with Crippen molar-refractivity contribution in [3.05, 3.63) is 76.1 Å². The zero-order chi connectivity index (χ0) is 21.8. The monoisotopic (exact) mass is 419 g/mol. The first kappa shape index (κ1) is 20.1. The number of fused-ring (bicyclic) bond motifs is 1. The van der Waals surface area contributed by atoms with Crippen molar-refractivity contribution in [2.24, 2.45) is 0 Å². The van der Waals surface area contributed by atoms with Gasteiger partial charge in [-0.2, -0.15) is 4.98 Å². The molecule has 3 aromatic rings. The van der Waals surface area contributed by atoms with Crippen molar-refractivity contribution in [3.63, 3.8) is 0 Å². The number of nitrogens with zero attached hydrogens (tertiary/aromatic N) is 1. The van der Waals surface area contributed by atoms with Crippen LogP contribution in [0.5, 0.6) is 5.75 Å². The summed E-state index contributed by atoms with van der Waals surface area (Å²) in [4.78, 5) is 44.8. The fourth-order valence-electron chi connectivity index (χ4n) is 3.44. The standard InChI is InChI=1S/C22H21N5O4/c1-31-16-10-6-5-9-15(16)24-22-26-19-18(21(30)27-22)14(11-17(28)25-19)20(29)23-12-13-7-3-2-4-8-13/h2-10,14H,11-12H2,1H3,(H,23,29)(H3,24,25,26,27,28,30)/t14-/m0/s1. The van der Waals surface area contributed by atoms with E-state index in [9.17, 15) is 14.4 Å². The lowest BCUT2D eigenvalue weighted by atomic mass is 9.92. The average Bonchev–Trinajstić information content (AvgIpc) is 2.77. The molecule has 4 rings (SSSR count). The van der Waals surface area contributed by atoms with Gasteiger partial charge in [-0.1, -0.05) is 42.5 Å². The van der Waals surface area contributed by atoms with Crippen molar-refractivity contribution in [2.75, 3.05) is 17.7 Å². The molecule has 0 radical (unpaired) electrons. The van der Waals surface area contributed by atoms with Gasteiger partial charge in [0.05, 0.1) is 24.3 Å². The van der Waals surface area contributed by atoms with E-state index in [0.717, 1.165) is 5.56 Å². The maximum Gasteiger partial charge on any atom is 0.258 e. The van der Waals surface area contributed by atoms with Crippen molar-refractivity contribution in [2.45, 2.75) is 18.9 Å². The number of methoxy groups -OCH3 is 1. The summed E-state index contributed by atoms with van der Waals surface area (Å²) >= 11 is 0. The summed E-state index contributed by atoms with van der Waals surface area (Å²) in [6.45, 7) is 0.298. The number of carbonyl (C=O) groups excluding carboxylic acids is 2. The fourth-order valence-corrected chi connectivity index (χ4v) is 3.44. The van der Waals surface area contributed by atoms with Gasteiger partial charge in [-0.25, -0.2) is 0 Å². The van der Waals surface area contributed by atoms with Crippen LogP contribution >= 0.6 is 0 Å². The van der Waals surface area contributed by atoms with Gasteiger partial charge in [0.25, 0.3) is 5.56 Å². The maximum absolute atomic E-state index is 12.8. The summed E-state index contributed by atoms with van der Waals surface area (Å²) in [7, 11) is 1.53. The van der Waals surface area contributed by atoms with Crippen LogP contribution in [0.3, 0.4) is 0 Å². The number of nitrogens with one attached hydrogen (secondary N) is 4. The molecule has 9 nitrogen and oxygen atoms in total. The molecule has 4 N–H and O–H groups in total. The number of H-pyrrole nitrogens is 1. The number of aromatic amines is 1. The number of hydrogen-bond acceptors (Lipinski definition) is 6. The van der Waals surface area contributed by atoms with E-state index < -0.39 is 17.4 Å². The number of ether oxygens (including phenoxy) is 1. The van der Waals surface area contributed by atoms with Crippen LogP contribution in [-0.2, 0) is 16.1 Å². The SMILES string of the molecule is COc1ccccc1Nc1nc2c(c(=O)[nH]1)[C@@H](C(=O)NCc1ccccc1)CC(=O)N2. The summed E-state index contributed by atoms with van der Waals surface area (Å²) in [5.41, 5.74) is 1.14. The topological polar surface area (TPSA) is 125 Å².